The van der Waals surface area contributed by atoms with Crippen molar-refractivity contribution in [1.82, 2.24) is 14.2 Å². The molecule has 1 amide bonds. The van der Waals surface area contributed by atoms with E-state index in [1.807, 2.05) is 13.0 Å². The van der Waals surface area contributed by atoms with Crippen molar-refractivity contribution in [3.8, 4) is 0 Å². The summed E-state index contributed by atoms with van der Waals surface area (Å²) in [5.41, 5.74) is 1.47. The number of aromatic nitrogens is 1. The van der Waals surface area contributed by atoms with Gasteiger partial charge in [0.15, 0.2) is 0 Å². The van der Waals surface area contributed by atoms with Crippen LogP contribution in [-0.2, 0) is 10.0 Å². The van der Waals surface area contributed by atoms with Crippen LogP contribution in [0.1, 0.15) is 15.9 Å². The van der Waals surface area contributed by atoms with Crippen molar-refractivity contribution in [3.05, 3.63) is 59.9 Å². The van der Waals surface area contributed by atoms with Crippen molar-refractivity contribution in [3.63, 3.8) is 0 Å². The molecule has 2 aromatic rings. The lowest BCUT2D eigenvalue weighted by Gasteiger charge is -2.34. The maximum atomic E-state index is 12.7. The fraction of sp³-hybridized carbons (Fsp3) is 0.294. The molecule has 0 saturated carbocycles. The molecular formula is C17H19N3O3S. The van der Waals surface area contributed by atoms with Crippen LogP contribution < -0.4 is 0 Å². The third kappa shape index (κ3) is 3.32. The highest BCUT2D eigenvalue weighted by molar-refractivity contribution is 7.89. The Morgan fingerprint density at radius 1 is 1.04 bits per heavy atom. The molecule has 1 saturated heterocycles. The fourth-order valence-electron chi connectivity index (χ4n) is 2.73. The minimum atomic E-state index is -3.51. The fourth-order valence-corrected chi connectivity index (χ4v) is 4.26. The van der Waals surface area contributed by atoms with Crippen molar-refractivity contribution in [1.29, 1.82) is 0 Å². The van der Waals surface area contributed by atoms with E-state index in [2.05, 4.69) is 4.98 Å². The highest BCUT2D eigenvalue weighted by Gasteiger charge is 2.30. The Bertz CT molecular complexity index is 829. The van der Waals surface area contributed by atoms with Gasteiger partial charge in [0, 0.05) is 44.1 Å². The van der Waals surface area contributed by atoms with Crippen molar-refractivity contribution in [2.24, 2.45) is 0 Å². The monoisotopic (exact) mass is 345 g/mol. The number of hydrogen-bond donors (Lipinski definition) is 0. The van der Waals surface area contributed by atoms with E-state index in [1.165, 1.54) is 4.31 Å². The number of sulfonamides is 1. The number of nitrogens with zero attached hydrogens (tertiary/aromatic N) is 3. The molecule has 0 N–H and O–H groups in total. The molecule has 0 spiro atoms. The molecule has 24 heavy (non-hydrogen) atoms. The zero-order valence-corrected chi connectivity index (χ0v) is 14.2. The number of carbonyl (C=O) groups excluding carboxylic acids is 1. The second-order valence-corrected chi connectivity index (χ2v) is 7.69. The summed E-state index contributed by atoms with van der Waals surface area (Å²) in [5.74, 6) is -0.0926. The molecule has 0 bridgehead atoms. The van der Waals surface area contributed by atoms with E-state index < -0.39 is 10.0 Å². The molecule has 1 aliphatic heterocycles. The normalized spacial score (nSPS) is 16.1. The molecule has 6 nitrogen and oxygen atoms in total. The summed E-state index contributed by atoms with van der Waals surface area (Å²) in [6.07, 6.45) is 3.15. The Morgan fingerprint density at radius 3 is 2.33 bits per heavy atom. The predicted octanol–water partition coefficient (Wildman–Crippen LogP) is 1.54. The van der Waals surface area contributed by atoms with Gasteiger partial charge in [-0.2, -0.15) is 4.31 Å². The van der Waals surface area contributed by atoms with E-state index in [0.717, 1.165) is 5.56 Å². The summed E-state index contributed by atoms with van der Waals surface area (Å²) in [6, 6.07) is 10.2. The zero-order valence-electron chi connectivity index (χ0n) is 13.4. The summed E-state index contributed by atoms with van der Waals surface area (Å²) in [5, 5.41) is 0. The summed E-state index contributed by atoms with van der Waals surface area (Å²) < 4.78 is 26.8. The molecule has 1 aliphatic rings. The Morgan fingerprint density at radius 2 is 1.71 bits per heavy atom. The summed E-state index contributed by atoms with van der Waals surface area (Å²) in [4.78, 5) is 18.3. The summed E-state index contributed by atoms with van der Waals surface area (Å²) >= 11 is 0. The molecule has 0 radical (unpaired) electrons. The highest BCUT2D eigenvalue weighted by Crippen LogP contribution is 2.19. The van der Waals surface area contributed by atoms with Crippen LogP contribution in [0.2, 0.25) is 0 Å². The minimum absolute atomic E-state index is 0.0926. The lowest BCUT2D eigenvalue weighted by Crippen LogP contribution is -2.50. The largest absolute Gasteiger partial charge is 0.336 e. The third-order valence-corrected chi connectivity index (χ3v) is 5.98. The lowest BCUT2D eigenvalue weighted by atomic mass is 10.2. The molecule has 3 rings (SSSR count). The predicted molar refractivity (Wildman–Crippen MR) is 90.1 cm³/mol. The maximum Gasteiger partial charge on any atom is 0.254 e. The third-order valence-electron chi connectivity index (χ3n) is 4.08. The standard InChI is InChI=1S/C17H19N3O3S/c1-14-3-2-4-16(13-14)24(22,23)20-11-9-19(10-12-20)17(21)15-5-7-18-8-6-15/h2-8,13H,9-12H2,1H3. The molecule has 1 aromatic carbocycles. The van der Waals surface area contributed by atoms with Crippen molar-refractivity contribution in [2.75, 3.05) is 26.2 Å². The van der Waals surface area contributed by atoms with Crippen LogP contribution in [-0.4, -0.2) is 54.7 Å². The quantitative estimate of drug-likeness (QED) is 0.846. The first kappa shape index (κ1) is 16.6. The molecule has 0 atom stereocenters. The average molecular weight is 345 g/mol. The minimum Gasteiger partial charge on any atom is -0.336 e. The molecule has 126 valence electrons. The van der Waals surface area contributed by atoms with Crippen LogP contribution in [0.15, 0.2) is 53.7 Å². The zero-order chi connectivity index (χ0) is 17.2. The van der Waals surface area contributed by atoms with Gasteiger partial charge in [-0.15, -0.1) is 0 Å². The van der Waals surface area contributed by atoms with E-state index in [0.29, 0.717) is 36.6 Å². The van der Waals surface area contributed by atoms with Crippen molar-refractivity contribution in [2.45, 2.75) is 11.8 Å². The number of pyridine rings is 1. The first-order valence-corrected chi connectivity index (χ1v) is 9.18. The van der Waals surface area contributed by atoms with Gasteiger partial charge in [-0.3, -0.25) is 9.78 Å². The molecular weight excluding hydrogens is 326 g/mol. The first-order valence-electron chi connectivity index (χ1n) is 7.74. The van der Waals surface area contributed by atoms with Gasteiger partial charge in [0.2, 0.25) is 10.0 Å². The molecule has 0 unspecified atom stereocenters. The van der Waals surface area contributed by atoms with Gasteiger partial charge in [0.25, 0.3) is 5.91 Å². The van der Waals surface area contributed by atoms with Crippen LogP contribution in [0.25, 0.3) is 0 Å². The van der Waals surface area contributed by atoms with Crippen LogP contribution in [0, 0.1) is 6.92 Å². The first-order chi connectivity index (χ1) is 11.5. The summed E-state index contributed by atoms with van der Waals surface area (Å²) in [7, 11) is -3.51. The SMILES string of the molecule is Cc1cccc(S(=O)(=O)N2CCN(C(=O)c3ccncc3)CC2)c1. The van der Waals surface area contributed by atoms with Gasteiger partial charge in [-0.1, -0.05) is 12.1 Å². The molecule has 2 heterocycles. The molecule has 0 aliphatic carbocycles. The number of piperazine rings is 1. The Kier molecular flexibility index (Phi) is 4.64. The number of benzene rings is 1. The van der Waals surface area contributed by atoms with Gasteiger partial charge in [0.1, 0.15) is 0 Å². The van der Waals surface area contributed by atoms with Crippen molar-refractivity contribution >= 4 is 15.9 Å². The number of aryl methyl sites for hydroxylation is 1. The number of hydrogen-bond acceptors (Lipinski definition) is 4. The molecule has 7 heteroatoms. The Labute approximate surface area is 141 Å². The van der Waals surface area contributed by atoms with E-state index in [1.54, 1.807) is 47.6 Å². The van der Waals surface area contributed by atoms with Crippen LogP contribution in [0.4, 0.5) is 0 Å². The molecule has 1 aromatic heterocycles. The van der Waals surface area contributed by atoms with Gasteiger partial charge in [-0.25, -0.2) is 8.42 Å². The van der Waals surface area contributed by atoms with Gasteiger partial charge >= 0.3 is 0 Å². The van der Waals surface area contributed by atoms with E-state index in [-0.39, 0.29) is 5.91 Å². The maximum absolute atomic E-state index is 12.7. The van der Waals surface area contributed by atoms with E-state index >= 15 is 0 Å². The Balaban J connectivity index is 1.70. The van der Waals surface area contributed by atoms with Gasteiger partial charge < -0.3 is 4.90 Å². The lowest BCUT2D eigenvalue weighted by molar-refractivity contribution is 0.0698. The summed E-state index contributed by atoms with van der Waals surface area (Å²) in [6.45, 7) is 3.23. The van der Waals surface area contributed by atoms with Crippen LogP contribution in [0.5, 0.6) is 0 Å². The average Bonchev–Trinajstić information content (AvgIpc) is 2.62. The van der Waals surface area contributed by atoms with E-state index in [4.69, 9.17) is 0 Å². The van der Waals surface area contributed by atoms with E-state index in [9.17, 15) is 13.2 Å². The number of rotatable bonds is 3. The van der Waals surface area contributed by atoms with Crippen LogP contribution >= 0.6 is 0 Å². The number of carbonyl (C=O) groups is 1. The number of amides is 1. The van der Waals surface area contributed by atoms with Crippen LogP contribution in [0.3, 0.4) is 0 Å². The van der Waals surface area contributed by atoms with Gasteiger partial charge in [0.05, 0.1) is 4.90 Å². The second kappa shape index (κ2) is 6.70. The second-order valence-electron chi connectivity index (χ2n) is 5.75. The van der Waals surface area contributed by atoms with Crippen molar-refractivity contribution < 1.29 is 13.2 Å². The topological polar surface area (TPSA) is 70.6 Å². The Hall–Kier alpha value is -2.25. The van der Waals surface area contributed by atoms with Gasteiger partial charge in [-0.05, 0) is 36.8 Å². The highest BCUT2D eigenvalue weighted by atomic mass is 32.2. The molecule has 1 fully saturated rings. The smallest absolute Gasteiger partial charge is 0.254 e.